The second kappa shape index (κ2) is 7.69. The third kappa shape index (κ3) is 4.37. The lowest BCUT2D eigenvalue weighted by molar-refractivity contribution is -0.0160. The zero-order valence-electron chi connectivity index (χ0n) is 13.9. The van der Waals surface area contributed by atoms with Crippen LogP contribution in [0.25, 0.3) is 0 Å². The lowest BCUT2D eigenvalue weighted by Crippen LogP contribution is -2.36. The largest absolute Gasteiger partial charge is 0.382 e. The average molecular weight is 290 g/mol. The van der Waals surface area contributed by atoms with Crippen molar-refractivity contribution in [2.75, 3.05) is 29.9 Å². The number of benzene rings is 1. The monoisotopic (exact) mass is 290 g/mol. The van der Waals surface area contributed by atoms with Crippen molar-refractivity contribution in [3.05, 3.63) is 24.3 Å². The van der Waals surface area contributed by atoms with Crippen LogP contribution in [-0.4, -0.2) is 31.8 Å². The summed E-state index contributed by atoms with van der Waals surface area (Å²) in [6.07, 6.45) is 2.60. The Hall–Kier alpha value is -1.22. The van der Waals surface area contributed by atoms with Crippen LogP contribution >= 0.6 is 0 Å². The van der Waals surface area contributed by atoms with Gasteiger partial charge in [0.15, 0.2) is 0 Å². The van der Waals surface area contributed by atoms with Crippen LogP contribution in [0, 0.1) is 5.92 Å². The van der Waals surface area contributed by atoms with Gasteiger partial charge >= 0.3 is 0 Å². The van der Waals surface area contributed by atoms with Crippen LogP contribution in [0.2, 0.25) is 0 Å². The highest BCUT2D eigenvalue weighted by Gasteiger charge is 2.24. The first-order chi connectivity index (χ1) is 10.1. The van der Waals surface area contributed by atoms with E-state index in [1.807, 2.05) is 0 Å². The molecule has 0 amide bonds. The molecule has 0 spiro atoms. The van der Waals surface area contributed by atoms with Crippen molar-refractivity contribution in [3.63, 3.8) is 0 Å². The van der Waals surface area contributed by atoms with Gasteiger partial charge in [0.1, 0.15) is 0 Å². The molecule has 1 aromatic carbocycles. The topological polar surface area (TPSA) is 24.5 Å². The minimum atomic E-state index is 0.395. The summed E-state index contributed by atoms with van der Waals surface area (Å²) in [6, 6.07) is 9.37. The van der Waals surface area contributed by atoms with Crippen molar-refractivity contribution in [2.24, 2.45) is 5.92 Å². The molecule has 0 bridgehead atoms. The summed E-state index contributed by atoms with van der Waals surface area (Å²) in [4.78, 5) is 2.37. The van der Waals surface area contributed by atoms with Gasteiger partial charge in [-0.25, -0.2) is 0 Å². The molecule has 1 fully saturated rings. The summed E-state index contributed by atoms with van der Waals surface area (Å²) in [5.41, 5.74) is 2.53. The van der Waals surface area contributed by atoms with E-state index in [-0.39, 0.29) is 0 Å². The third-order valence-electron chi connectivity index (χ3n) is 4.43. The molecular weight excluding hydrogens is 260 g/mol. The fourth-order valence-corrected chi connectivity index (χ4v) is 3.02. The summed E-state index contributed by atoms with van der Waals surface area (Å²) >= 11 is 0. The van der Waals surface area contributed by atoms with Gasteiger partial charge in [0.25, 0.3) is 0 Å². The van der Waals surface area contributed by atoms with Gasteiger partial charge in [0.05, 0.1) is 6.10 Å². The predicted molar refractivity (Wildman–Crippen MR) is 91.2 cm³/mol. The van der Waals surface area contributed by atoms with Crippen LogP contribution in [0.5, 0.6) is 0 Å². The van der Waals surface area contributed by atoms with Crippen LogP contribution < -0.4 is 10.2 Å². The van der Waals surface area contributed by atoms with Crippen LogP contribution in [0.15, 0.2) is 24.3 Å². The Morgan fingerprint density at radius 1 is 1.19 bits per heavy atom. The van der Waals surface area contributed by atoms with Gasteiger partial charge in [-0.2, -0.15) is 0 Å². The summed E-state index contributed by atoms with van der Waals surface area (Å²) in [5.74, 6) is 0.597. The lowest BCUT2D eigenvalue weighted by atomic mass is 9.95. The van der Waals surface area contributed by atoms with Crippen LogP contribution in [0.1, 0.15) is 40.5 Å². The fraction of sp³-hybridized carbons (Fsp3) is 0.667. The number of nitrogens with one attached hydrogen (secondary N) is 1. The highest BCUT2D eigenvalue weighted by atomic mass is 16.5. The van der Waals surface area contributed by atoms with Gasteiger partial charge in [-0.15, -0.1) is 0 Å². The minimum Gasteiger partial charge on any atom is -0.382 e. The fourth-order valence-electron chi connectivity index (χ4n) is 3.02. The first-order valence-corrected chi connectivity index (χ1v) is 8.37. The van der Waals surface area contributed by atoms with Gasteiger partial charge in [0.2, 0.25) is 0 Å². The number of hydrogen-bond donors (Lipinski definition) is 1. The third-order valence-corrected chi connectivity index (χ3v) is 4.43. The molecule has 0 aromatic heterocycles. The highest BCUT2D eigenvalue weighted by Crippen LogP contribution is 2.24. The van der Waals surface area contributed by atoms with E-state index in [2.05, 4.69) is 62.2 Å². The molecule has 0 radical (unpaired) electrons. The van der Waals surface area contributed by atoms with E-state index in [0.29, 0.717) is 18.1 Å². The Kier molecular flexibility index (Phi) is 5.92. The number of ether oxygens (including phenoxy) is 1. The number of rotatable bonds is 6. The minimum absolute atomic E-state index is 0.395. The maximum absolute atomic E-state index is 5.84. The van der Waals surface area contributed by atoms with Gasteiger partial charge in [-0.05, 0) is 56.9 Å². The molecule has 0 aliphatic carbocycles. The van der Waals surface area contributed by atoms with E-state index in [4.69, 9.17) is 4.74 Å². The predicted octanol–water partition coefficient (Wildman–Crippen LogP) is 4.15. The Bertz CT molecular complexity index is 412. The summed E-state index contributed by atoms with van der Waals surface area (Å²) in [6.45, 7) is 11.9. The van der Waals surface area contributed by atoms with Crippen LogP contribution in [-0.2, 0) is 4.74 Å². The normalized spacial score (nSPS) is 22.3. The molecule has 1 aromatic rings. The van der Waals surface area contributed by atoms with Crippen molar-refractivity contribution in [3.8, 4) is 0 Å². The van der Waals surface area contributed by atoms with Gasteiger partial charge < -0.3 is 15.0 Å². The van der Waals surface area contributed by atoms with Crippen molar-refractivity contribution in [1.29, 1.82) is 0 Å². The number of anilines is 2. The van der Waals surface area contributed by atoms with Crippen molar-refractivity contribution in [1.82, 2.24) is 0 Å². The average Bonchev–Trinajstić information content (AvgIpc) is 2.50. The molecule has 1 N–H and O–H groups in total. The summed E-state index contributed by atoms with van der Waals surface area (Å²) in [5, 5.41) is 3.67. The molecule has 118 valence electrons. The van der Waals surface area contributed by atoms with Crippen LogP contribution in [0.3, 0.4) is 0 Å². The Labute approximate surface area is 129 Å². The second-order valence-corrected chi connectivity index (χ2v) is 6.24. The Morgan fingerprint density at radius 3 is 2.43 bits per heavy atom. The molecule has 1 saturated heterocycles. The van der Waals surface area contributed by atoms with E-state index in [0.717, 1.165) is 32.5 Å². The zero-order chi connectivity index (χ0) is 15.2. The van der Waals surface area contributed by atoms with Crippen molar-refractivity contribution >= 4 is 11.4 Å². The molecule has 2 rings (SSSR count). The molecular formula is C18H30N2O. The van der Waals surface area contributed by atoms with Crippen molar-refractivity contribution < 1.29 is 4.74 Å². The summed E-state index contributed by atoms with van der Waals surface area (Å²) in [7, 11) is 0. The van der Waals surface area contributed by atoms with E-state index in [1.54, 1.807) is 0 Å². The lowest BCUT2D eigenvalue weighted by Gasteiger charge is -2.33. The van der Waals surface area contributed by atoms with Gasteiger partial charge in [-0.1, -0.05) is 13.8 Å². The maximum atomic E-state index is 5.84. The maximum Gasteiger partial charge on any atom is 0.0617 e. The Balaban J connectivity index is 1.94. The molecule has 1 aliphatic heterocycles. The zero-order valence-corrected chi connectivity index (χ0v) is 13.9. The molecule has 2 atom stereocenters. The number of hydrogen-bond acceptors (Lipinski definition) is 3. The molecule has 21 heavy (non-hydrogen) atoms. The molecule has 2 unspecified atom stereocenters. The van der Waals surface area contributed by atoms with Gasteiger partial charge in [0, 0.05) is 37.1 Å². The first kappa shape index (κ1) is 16.2. The van der Waals surface area contributed by atoms with Crippen LogP contribution in [0.4, 0.5) is 11.4 Å². The van der Waals surface area contributed by atoms with Gasteiger partial charge in [-0.3, -0.25) is 0 Å². The molecule has 3 heteroatoms. The number of nitrogens with zero attached hydrogens (tertiary/aromatic N) is 1. The molecule has 0 saturated carbocycles. The Morgan fingerprint density at radius 2 is 1.86 bits per heavy atom. The standard InChI is InChI=1S/C18H30N2O/c1-5-20(6-2)17-9-7-15(8-10-17)19-16-11-12-21-18(13-16)14(3)4/h7-10,14,16,18-19H,5-6,11-13H2,1-4H3. The SMILES string of the molecule is CCN(CC)c1ccc(NC2CCOC(C(C)C)C2)cc1. The van der Waals surface area contributed by atoms with E-state index < -0.39 is 0 Å². The van der Waals surface area contributed by atoms with E-state index >= 15 is 0 Å². The highest BCUT2D eigenvalue weighted by molar-refractivity contribution is 5.55. The first-order valence-electron chi connectivity index (χ1n) is 8.37. The summed E-state index contributed by atoms with van der Waals surface area (Å²) < 4.78 is 5.84. The van der Waals surface area contributed by atoms with Crippen molar-refractivity contribution in [2.45, 2.75) is 52.7 Å². The van der Waals surface area contributed by atoms with E-state index in [9.17, 15) is 0 Å². The second-order valence-electron chi connectivity index (χ2n) is 6.24. The molecule has 1 aliphatic rings. The van der Waals surface area contributed by atoms with E-state index in [1.165, 1.54) is 11.4 Å². The molecule has 3 nitrogen and oxygen atoms in total. The quantitative estimate of drug-likeness (QED) is 0.852. The molecule has 1 heterocycles. The smallest absolute Gasteiger partial charge is 0.0617 e.